The van der Waals surface area contributed by atoms with Crippen LogP contribution in [0.2, 0.25) is 0 Å². The summed E-state index contributed by atoms with van der Waals surface area (Å²) in [5.41, 5.74) is 0.608. The summed E-state index contributed by atoms with van der Waals surface area (Å²) >= 11 is 1.85. The molecule has 26 heavy (non-hydrogen) atoms. The van der Waals surface area contributed by atoms with Crippen LogP contribution in [0.1, 0.15) is 26.2 Å². The van der Waals surface area contributed by atoms with Gasteiger partial charge >= 0.3 is 0 Å². The molecule has 2 saturated heterocycles. The Kier molecular flexibility index (Phi) is 6.60. The van der Waals surface area contributed by atoms with Gasteiger partial charge in [0.05, 0.1) is 4.90 Å². The van der Waals surface area contributed by atoms with E-state index in [0.29, 0.717) is 17.1 Å². The van der Waals surface area contributed by atoms with Gasteiger partial charge in [0.2, 0.25) is 15.9 Å². The third kappa shape index (κ3) is 4.79. The number of hydrogen-bond donors (Lipinski definition) is 1. The number of sulfonamides is 1. The molecule has 1 N–H and O–H groups in total. The average molecular weight is 398 g/mol. The van der Waals surface area contributed by atoms with Gasteiger partial charge in [-0.1, -0.05) is 0 Å². The molecular weight excluding hydrogens is 370 g/mol. The van der Waals surface area contributed by atoms with Crippen molar-refractivity contribution < 1.29 is 13.2 Å². The Balaban J connectivity index is 1.80. The smallest absolute Gasteiger partial charge is 0.243 e. The van der Waals surface area contributed by atoms with Crippen molar-refractivity contribution in [2.45, 2.75) is 37.1 Å². The normalized spacial score (nSPS) is 22.9. The first-order chi connectivity index (χ1) is 12.5. The number of rotatable bonds is 5. The van der Waals surface area contributed by atoms with Crippen LogP contribution in [0.5, 0.6) is 0 Å². The number of nitrogens with zero attached hydrogens (tertiary/aromatic N) is 2. The van der Waals surface area contributed by atoms with E-state index >= 15 is 0 Å². The lowest BCUT2D eigenvalue weighted by Gasteiger charge is -2.31. The number of carbonyl (C=O) groups excluding carboxylic acids is 1. The number of benzene rings is 1. The Labute approximate surface area is 160 Å². The first-order valence-electron chi connectivity index (χ1n) is 9.16. The topological polar surface area (TPSA) is 69.7 Å². The lowest BCUT2D eigenvalue weighted by molar-refractivity contribution is -0.114. The summed E-state index contributed by atoms with van der Waals surface area (Å²) in [4.78, 5) is 13.8. The number of amides is 1. The summed E-state index contributed by atoms with van der Waals surface area (Å²) in [6.07, 6.45) is 3.29. The maximum atomic E-state index is 13.3. The fourth-order valence-corrected chi connectivity index (χ4v) is 6.39. The summed E-state index contributed by atoms with van der Waals surface area (Å²) in [5, 5.41) is 2.67. The zero-order valence-corrected chi connectivity index (χ0v) is 16.8. The van der Waals surface area contributed by atoms with Crippen LogP contribution in [0, 0.1) is 0 Å². The van der Waals surface area contributed by atoms with E-state index in [0.717, 1.165) is 37.6 Å². The fourth-order valence-electron chi connectivity index (χ4n) is 3.58. The standard InChI is InChI=1S/C18H27N3O3S2/c1-15(22)19-16-5-7-18(8-6-16)26(23,24)21-11-4-12-25-14-17(21)13-20-9-2-3-10-20/h5-8,17H,2-4,9-14H2,1H3,(H,19,22). The lowest BCUT2D eigenvalue weighted by Crippen LogP contribution is -2.47. The van der Waals surface area contributed by atoms with Crippen LogP contribution in [0.3, 0.4) is 0 Å². The minimum absolute atomic E-state index is 0.0145. The molecule has 1 aromatic carbocycles. The predicted octanol–water partition coefficient (Wildman–Crippen LogP) is 2.24. The van der Waals surface area contributed by atoms with Gasteiger partial charge in [-0.25, -0.2) is 8.42 Å². The fraction of sp³-hybridized carbons (Fsp3) is 0.611. The van der Waals surface area contributed by atoms with Crippen LogP contribution in [-0.2, 0) is 14.8 Å². The summed E-state index contributed by atoms with van der Waals surface area (Å²) in [6, 6.07) is 6.49. The minimum atomic E-state index is -3.54. The van der Waals surface area contributed by atoms with Crippen LogP contribution in [0.15, 0.2) is 29.2 Å². The van der Waals surface area contributed by atoms with Crippen molar-refractivity contribution in [1.29, 1.82) is 0 Å². The average Bonchev–Trinajstić information content (AvgIpc) is 2.98. The molecule has 0 bridgehead atoms. The molecular formula is C18H27N3O3S2. The molecule has 6 nitrogen and oxygen atoms in total. The molecule has 3 rings (SSSR count). The van der Waals surface area contributed by atoms with E-state index in [2.05, 4.69) is 10.2 Å². The molecule has 2 heterocycles. The van der Waals surface area contributed by atoms with Crippen LogP contribution < -0.4 is 5.32 Å². The number of hydrogen-bond acceptors (Lipinski definition) is 5. The summed E-state index contributed by atoms with van der Waals surface area (Å²) in [7, 11) is -3.54. The van der Waals surface area contributed by atoms with E-state index in [1.165, 1.54) is 19.8 Å². The highest BCUT2D eigenvalue weighted by Crippen LogP contribution is 2.26. The Hall–Kier alpha value is -1.09. The third-order valence-electron chi connectivity index (χ3n) is 4.83. The third-order valence-corrected chi connectivity index (χ3v) is 8.00. The second kappa shape index (κ2) is 8.73. The molecule has 1 atom stereocenters. The second-order valence-electron chi connectivity index (χ2n) is 6.91. The molecule has 144 valence electrons. The number of likely N-dealkylation sites (tertiary alicyclic amines) is 1. The Morgan fingerprint density at radius 1 is 1.15 bits per heavy atom. The first-order valence-corrected chi connectivity index (χ1v) is 11.8. The van der Waals surface area contributed by atoms with Gasteiger partial charge in [-0.2, -0.15) is 16.1 Å². The van der Waals surface area contributed by atoms with Crippen molar-refractivity contribution in [3.63, 3.8) is 0 Å². The van der Waals surface area contributed by atoms with Crippen molar-refractivity contribution in [3.8, 4) is 0 Å². The van der Waals surface area contributed by atoms with Crippen molar-refractivity contribution in [3.05, 3.63) is 24.3 Å². The molecule has 0 spiro atoms. The molecule has 1 unspecified atom stereocenters. The van der Waals surface area contributed by atoms with Gasteiger partial charge in [0, 0.05) is 37.5 Å². The number of thioether (sulfide) groups is 1. The maximum Gasteiger partial charge on any atom is 0.243 e. The second-order valence-corrected chi connectivity index (χ2v) is 9.95. The number of anilines is 1. The highest BCUT2D eigenvalue weighted by molar-refractivity contribution is 7.99. The quantitative estimate of drug-likeness (QED) is 0.825. The van der Waals surface area contributed by atoms with E-state index in [4.69, 9.17) is 0 Å². The van der Waals surface area contributed by atoms with Gasteiger partial charge in [0.1, 0.15) is 0 Å². The van der Waals surface area contributed by atoms with E-state index in [1.807, 2.05) is 11.8 Å². The summed E-state index contributed by atoms with van der Waals surface area (Å²) in [5.74, 6) is 1.68. The highest BCUT2D eigenvalue weighted by atomic mass is 32.2. The predicted molar refractivity (Wildman–Crippen MR) is 106 cm³/mol. The van der Waals surface area contributed by atoms with E-state index in [-0.39, 0.29) is 11.9 Å². The van der Waals surface area contributed by atoms with Crippen LogP contribution in [0.4, 0.5) is 5.69 Å². The van der Waals surface area contributed by atoms with Gasteiger partial charge in [0.15, 0.2) is 0 Å². The number of carbonyl (C=O) groups is 1. The Morgan fingerprint density at radius 2 is 1.85 bits per heavy atom. The first kappa shape index (κ1) is 19.7. The van der Waals surface area contributed by atoms with Gasteiger partial charge in [-0.05, 0) is 62.4 Å². The molecule has 1 aromatic rings. The largest absolute Gasteiger partial charge is 0.326 e. The zero-order chi connectivity index (χ0) is 18.6. The maximum absolute atomic E-state index is 13.3. The van der Waals surface area contributed by atoms with Crippen molar-refractivity contribution in [1.82, 2.24) is 9.21 Å². The number of nitrogens with one attached hydrogen (secondary N) is 1. The van der Waals surface area contributed by atoms with Gasteiger partial charge in [-0.15, -0.1) is 0 Å². The summed E-state index contributed by atoms with van der Waals surface area (Å²) < 4.78 is 28.2. The Bertz CT molecular complexity index is 716. The molecule has 0 saturated carbocycles. The summed E-state index contributed by atoms with van der Waals surface area (Å²) in [6.45, 7) is 4.96. The molecule has 2 aliphatic heterocycles. The van der Waals surface area contributed by atoms with Crippen LogP contribution in [0.25, 0.3) is 0 Å². The van der Waals surface area contributed by atoms with Crippen molar-refractivity contribution >= 4 is 33.4 Å². The minimum Gasteiger partial charge on any atom is -0.326 e. The monoisotopic (exact) mass is 397 g/mol. The molecule has 0 radical (unpaired) electrons. The van der Waals surface area contributed by atoms with E-state index < -0.39 is 10.0 Å². The molecule has 0 aliphatic carbocycles. The molecule has 8 heteroatoms. The van der Waals surface area contributed by atoms with Crippen molar-refractivity contribution in [2.24, 2.45) is 0 Å². The molecule has 1 amide bonds. The molecule has 2 fully saturated rings. The molecule has 0 aromatic heterocycles. The SMILES string of the molecule is CC(=O)Nc1ccc(S(=O)(=O)N2CCCSCC2CN2CCCC2)cc1. The van der Waals surface area contributed by atoms with Crippen LogP contribution >= 0.6 is 11.8 Å². The zero-order valence-electron chi connectivity index (χ0n) is 15.2. The van der Waals surface area contributed by atoms with E-state index in [1.54, 1.807) is 28.6 Å². The molecule has 2 aliphatic rings. The highest BCUT2D eigenvalue weighted by Gasteiger charge is 2.34. The van der Waals surface area contributed by atoms with Crippen molar-refractivity contribution in [2.75, 3.05) is 43.0 Å². The van der Waals surface area contributed by atoms with Gasteiger partial charge in [0.25, 0.3) is 0 Å². The lowest BCUT2D eigenvalue weighted by atomic mass is 10.3. The van der Waals surface area contributed by atoms with Gasteiger partial charge in [-0.3, -0.25) is 4.79 Å². The van der Waals surface area contributed by atoms with Crippen LogP contribution in [-0.4, -0.2) is 67.3 Å². The Morgan fingerprint density at radius 3 is 2.50 bits per heavy atom. The van der Waals surface area contributed by atoms with E-state index in [9.17, 15) is 13.2 Å². The van der Waals surface area contributed by atoms with Gasteiger partial charge < -0.3 is 10.2 Å².